The van der Waals surface area contributed by atoms with Crippen molar-refractivity contribution in [3.8, 4) is 0 Å². The van der Waals surface area contributed by atoms with Crippen molar-refractivity contribution < 1.29 is 0 Å². The minimum atomic E-state index is 0.636. The molecule has 2 rings (SSSR count). The first-order valence-electron chi connectivity index (χ1n) is 6.93. The number of aromatic nitrogens is 1. The van der Waals surface area contributed by atoms with Gasteiger partial charge in [0, 0.05) is 17.1 Å². The lowest BCUT2D eigenvalue weighted by Crippen LogP contribution is -2.28. The predicted octanol–water partition coefficient (Wildman–Crippen LogP) is 3.63. The van der Waals surface area contributed by atoms with Gasteiger partial charge in [0.2, 0.25) is 0 Å². The van der Waals surface area contributed by atoms with Crippen LogP contribution >= 0.6 is 11.3 Å². The number of nitrogens with one attached hydrogen (secondary N) is 1. The van der Waals surface area contributed by atoms with E-state index in [1.54, 1.807) is 11.3 Å². The zero-order valence-corrected chi connectivity index (χ0v) is 11.6. The van der Waals surface area contributed by atoms with Crippen LogP contribution in [0.5, 0.6) is 0 Å². The van der Waals surface area contributed by atoms with Gasteiger partial charge in [-0.15, -0.1) is 11.3 Å². The van der Waals surface area contributed by atoms with E-state index in [1.807, 2.05) is 11.7 Å². The molecule has 17 heavy (non-hydrogen) atoms. The van der Waals surface area contributed by atoms with E-state index in [-0.39, 0.29) is 0 Å². The standard InChI is InChI=1S/C14H24N2S/c1-15-13(9-14-10-16-11-17-14)8-7-12-5-3-2-4-6-12/h10-13,15H,2-9H2,1H3. The summed E-state index contributed by atoms with van der Waals surface area (Å²) < 4.78 is 0. The summed E-state index contributed by atoms with van der Waals surface area (Å²) in [5, 5.41) is 3.46. The molecule has 0 aromatic carbocycles. The van der Waals surface area contributed by atoms with Gasteiger partial charge in [0.1, 0.15) is 0 Å². The molecule has 1 aromatic heterocycles. The third kappa shape index (κ3) is 4.40. The maximum atomic E-state index is 4.15. The smallest absolute Gasteiger partial charge is 0.0794 e. The van der Waals surface area contributed by atoms with Crippen molar-refractivity contribution in [2.45, 2.75) is 57.4 Å². The number of hydrogen-bond donors (Lipinski definition) is 1. The minimum absolute atomic E-state index is 0.636. The third-order valence-corrected chi connectivity index (χ3v) is 4.79. The van der Waals surface area contributed by atoms with E-state index in [2.05, 4.69) is 17.3 Å². The van der Waals surface area contributed by atoms with E-state index >= 15 is 0 Å². The summed E-state index contributed by atoms with van der Waals surface area (Å²) in [6, 6.07) is 0.636. The Bertz CT molecular complexity index is 291. The van der Waals surface area contributed by atoms with Crippen molar-refractivity contribution in [1.82, 2.24) is 10.3 Å². The number of nitrogens with zero attached hydrogens (tertiary/aromatic N) is 1. The maximum Gasteiger partial charge on any atom is 0.0794 e. The molecule has 0 bridgehead atoms. The fourth-order valence-corrected chi connectivity index (χ4v) is 3.52. The molecule has 0 saturated heterocycles. The van der Waals surface area contributed by atoms with Gasteiger partial charge in [-0.05, 0) is 32.2 Å². The van der Waals surface area contributed by atoms with Crippen molar-refractivity contribution in [3.05, 3.63) is 16.6 Å². The van der Waals surface area contributed by atoms with Crippen LogP contribution in [-0.4, -0.2) is 18.1 Å². The number of rotatable bonds is 6. The molecule has 1 aliphatic rings. The molecule has 1 aliphatic carbocycles. The second-order valence-corrected chi connectivity index (χ2v) is 6.21. The van der Waals surface area contributed by atoms with Crippen molar-refractivity contribution >= 4 is 11.3 Å². The second kappa shape index (κ2) is 7.12. The largest absolute Gasteiger partial charge is 0.317 e. The molecule has 0 spiro atoms. The summed E-state index contributed by atoms with van der Waals surface area (Å²) in [5.74, 6) is 1.00. The summed E-state index contributed by atoms with van der Waals surface area (Å²) in [7, 11) is 2.09. The van der Waals surface area contributed by atoms with Crippen molar-refractivity contribution in [3.63, 3.8) is 0 Å². The van der Waals surface area contributed by atoms with Gasteiger partial charge in [-0.2, -0.15) is 0 Å². The van der Waals surface area contributed by atoms with Gasteiger partial charge in [-0.25, -0.2) is 0 Å². The molecular formula is C14H24N2S. The molecule has 3 heteroatoms. The van der Waals surface area contributed by atoms with Gasteiger partial charge >= 0.3 is 0 Å². The monoisotopic (exact) mass is 252 g/mol. The highest BCUT2D eigenvalue weighted by Gasteiger charge is 2.16. The quantitative estimate of drug-likeness (QED) is 0.836. The predicted molar refractivity (Wildman–Crippen MR) is 74.5 cm³/mol. The van der Waals surface area contributed by atoms with Crippen LogP contribution in [0.2, 0.25) is 0 Å². The topological polar surface area (TPSA) is 24.9 Å². The molecule has 0 amide bonds. The molecular weight excluding hydrogens is 228 g/mol. The molecule has 1 atom stereocenters. The fraction of sp³-hybridized carbons (Fsp3) is 0.786. The van der Waals surface area contributed by atoms with E-state index < -0.39 is 0 Å². The molecule has 1 saturated carbocycles. The fourth-order valence-electron chi connectivity index (χ4n) is 2.85. The van der Waals surface area contributed by atoms with Crippen LogP contribution in [0.3, 0.4) is 0 Å². The zero-order chi connectivity index (χ0) is 11.9. The molecule has 1 heterocycles. The second-order valence-electron chi connectivity index (χ2n) is 5.24. The Kier molecular flexibility index (Phi) is 5.46. The summed E-state index contributed by atoms with van der Waals surface area (Å²) in [5.41, 5.74) is 1.93. The average Bonchev–Trinajstić information content (AvgIpc) is 2.88. The molecule has 0 radical (unpaired) electrons. The van der Waals surface area contributed by atoms with Gasteiger partial charge < -0.3 is 5.32 Å². The summed E-state index contributed by atoms with van der Waals surface area (Å²) in [6.07, 6.45) is 13.2. The minimum Gasteiger partial charge on any atom is -0.317 e. The maximum absolute atomic E-state index is 4.15. The Morgan fingerprint density at radius 1 is 1.41 bits per heavy atom. The van der Waals surface area contributed by atoms with Crippen LogP contribution in [0.1, 0.15) is 49.8 Å². The molecule has 96 valence electrons. The average molecular weight is 252 g/mol. The van der Waals surface area contributed by atoms with Crippen LogP contribution in [0.25, 0.3) is 0 Å². The van der Waals surface area contributed by atoms with Gasteiger partial charge in [-0.1, -0.05) is 32.1 Å². The van der Waals surface area contributed by atoms with Crippen LogP contribution in [-0.2, 0) is 6.42 Å². The summed E-state index contributed by atoms with van der Waals surface area (Å²) in [6.45, 7) is 0. The molecule has 1 N–H and O–H groups in total. The van der Waals surface area contributed by atoms with Gasteiger partial charge in [0.05, 0.1) is 5.51 Å². The van der Waals surface area contributed by atoms with Crippen LogP contribution < -0.4 is 5.32 Å². The molecule has 1 fully saturated rings. The van der Waals surface area contributed by atoms with Crippen molar-refractivity contribution in [1.29, 1.82) is 0 Å². The van der Waals surface area contributed by atoms with Crippen LogP contribution in [0, 0.1) is 5.92 Å². The molecule has 1 unspecified atom stereocenters. The first-order chi connectivity index (χ1) is 8.38. The molecule has 2 nitrogen and oxygen atoms in total. The zero-order valence-electron chi connectivity index (χ0n) is 10.8. The highest BCUT2D eigenvalue weighted by Crippen LogP contribution is 2.28. The first-order valence-corrected chi connectivity index (χ1v) is 7.81. The van der Waals surface area contributed by atoms with Gasteiger partial charge in [0.25, 0.3) is 0 Å². The Balaban J connectivity index is 1.71. The molecule has 0 aliphatic heterocycles. The van der Waals surface area contributed by atoms with E-state index in [9.17, 15) is 0 Å². The highest BCUT2D eigenvalue weighted by molar-refractivity contribution is 7.09. The highest BCUT2D eigenvalue weighted by atomic mass is 32.1. The third-order valence-electron chi connectivity index (χ3n) is 3.99. The first kappa shape index (κ1) is 13.0. The van der Waals surface area contributed by atoms with Crippen LogP contribution in [0.4, 0.5) is 0 Å². The Hall–Kier alpha value is -0.410. The Morgan fingerprint density at radius 3 is 2.88 bits per heavy atom. The van der Waals surface area contributed by atoms with Crippen molar-refractivity contribution in [2.75, 3.05) is 7.05 Å². The Morgan fingerprint density at radius 2 is 2.24 bits per heavy atom. The summed E-state index contributed by atoms with van der Waals surface area (Å²) in [4.78, 5) is 5.56. The number of likely N-dealkylation sites (N-methyl/N-ethyl adjacent to an activating group) is 1. The lowest BCUT2D eigenvalue weighted by atomic mass is 9.85. The SMILES string of the molecule is CNC(CCC1CCCCC1)Cc1cncs1. The van der Waals surface area contributed by atoms with E-state index in [0.717, 1.165) is 12.3 Å². The number of hydrogen-bond acceptors (Lipinski definition) is 3. The lowest BCUT2D eigenvalue weighted by Gasteiger charge is -2.24. The molecule has 1 aromatic rings. The Labute approximate surface area is 109 Å². The van der Waals surface area contributed by atoms with Crippen LogP contribution in [0.15, 0.2) is 11.7 Å². The van der Waals surface area contributed by atoms with E-state index in [1.165, 1.54) is 49.8 Å². The van der Waals surface area contributed by atoms with E-state index in [0.29, 0.717) is 6.04 Å². The lowest BCUT2D eigenvalue weighted by molar-refractivity contribution is 0.316. The number of thiazole rings is 1. The van der Waals surface area contributed by atoms with Gasteiger partial charge in [-0.3, -0.25) is 4.98 Å². The normalized spacial score (nSPS) is 19.4. The van der Waals surface area contributed by atoms with Crippen molar-refractivity contribution in [2.24, 2.45) is 5.92 Å². The van der Waals surface area contributed by atoms with E-state index in [4.69, 9.17) is 0 Å². The van der Waals surface area contributed by atoms with Gasteiger partial charge in [0.15, 0.2) is 0 Å². The summed E-state index contributed by atoms with van der Waals surface area (Å²) >= 11 is 1.78.